The van der Waals surface area contributed by atoms with Crippen molar-refractivity contribution in [2.75, 3.05) is 14.2 Å². The normalized spacial score (nSPS) is 11.1. The molecule has 0 N–H and O–H groups in total. The van der Waals surface area contributed by atoms with Crippen LogP contribution in [0.4, 0.5) is 0 Å². The number of furan rings is 1. The van der Waals surface area contributed by atoms with E-state index in [4.69, 9.17) is 23.3 Å². The first-order valence-electron chi connectivity index (χ1n) is 9.30. The highest BCUT2D eigenvalue weighted by Gasteiger charge is 2.18. The molecule has 0 amide bonds. The van der Waals surface area contributed by atoms with E-state index in [1.165, 1.54) is 0 Å². The molecule has 5 aromatic rings. The number of rotatable bonds is 6. The van der Waals surface area contributed by atoms with E-state index in [9.17, 15) is 0 Å². The molecule has 0 aliphatic carbocycles. The molecule has 0 fully saturated rings. The monoisotopic (exact) mass is 402 g/mol. The Kier molecular flexibility index (Phi) is 4.44. The highest BCUT2D eigenvalue weighted by molar-refractivity contribution is 5.79. The fourth-order valence-electron chi connectivity index (χ4n) is 3.37. The lowest BCUT2D eigenvalue weighted by Crippen LogP contribution is -2.02. The third-order valence-electron chi connectivity index (χ3n) is 4.79. The Labute approximate surface area is 171 Å². The number of nitrogens with zero attached hydrogens (tertiary/aromatic N) is 4. The molecule has 0 aliphatic heterocycles. The van der Waals surface area contributed by atoms with E-state index >= 15 is 0 Å². The van der Waals surface area contributed by atoms with Gasteiger partial charge in [-0.25, -0.2) is 4.98 Å². The van der Waals surface area contributed by atoms with Crippen molar-refractivity contribution < 1.29 is 18.3 Å². The smallest absolute Gasteiger partial charge is 0.247 e. The van der Waals surface area contributed by atoms with Gasteiger partial charge < -0.3 is 22.9 Å². The maximum absolute atomic E-state index is 5.94. The summed E-state index contributed by atoms with van der Waals surface area (Å²) in [5.74, 6) is 3.45. The zero-order valence-electron chi connectivity index (χ0n) is 16.4. The molecule has 0 atom stereocenters. The van der Waals surface area contributed by atoms with Gasteiger partial charge in [-0.2, -0.15) is 0 Å². The van der Waals surface area contributed by atoms with Gasteiger partial charge in [0.1, 0.15) is 6.54 Å². The molecule has 0 radical (unpaired) electrons. The van der Waals surface area contributed by atoms with E-state index < -0.39 is 0 Å². The first-order chi connectivity index (χ1) is 14.8. The van der Waals surface area contributed by atoms with Gasteiger partial charge in [0, 0.05) is 5.56 Å². The number of benzene rings is 2. The van der Waals surface area contributed by atoms with Crippen LogP contribution in [-0.4, -0.2) is 34.0 Å². The zero-order valence-corrected chi connectivity index (χ0v) is 16.4. The minimum Gasteiger partial charge on any atom is -0.493 e. The average Bonchev–Trinajstić information content (AvgIpc) is 3.54. The molecule has 8 nitrogen and oxygen atoms in total. The van der Waals surface area contributed by atoms with Crippen molar-refractivity contribution in [3.8, 4) is 34.5 Å². The number of imidazole rings is 1. The van der Waals surface area contributed by atoms with Crippen LogP contribution in [0.2, 0.25) is 0 Å². The van der Waals surface area contributed by atoms with Gasteiger partial charge in [0.2, 0.25) is 11.8 Å². The summed E-state index contributed by atoms with van der Waals surface area (Å²) in [5.41, 5.74) is 2.56. The summed E-state index contributed by atoms with van der Waals surface area (Å²) in [5, 5.41) is 8.43. The molecular formula is C22H18N4O4. The van der Waals surface area contributed by atoms with Crippen molar-refractivity contribution in [2.24, 2.45) is 0 Å². The first-order valence-corrected chi connectivity index (χ1v) is 9.30. The van der Waals surface area contributed by atoms with Crippen molar-refractivity contribution in [1.29, 1.82) is 0 Å². The van der Waals surface area contributed by atoms with E-state index in [1.54, 1.807) is 32.6 Å². The maximum atomic E-state index is 5.94. The third kappa shape index (κ3) is 3.08. The molecule has 0 saturated heterocycles. The van der Waals surface area contributed by atoms with Crippen LogP contribution in [0.5, 0.6) is 11.5 Å². The Morgan fingerprint density at radius 3 is 2.60 bits per heavy atom. The van der Waals surface area contributed by atoms with Crippen molar-refractivity contribution in [3.63, 3.8) is 0 Å². The number of ether oxygens (including phenoxy) is 2. The number of hydrogen-bond acceptors (Lipinski definition) is 7. The van der Waals surface area contributed by atoms with Crippen molar-refractivity contribution in [2.45, 2.75) is 6.54 Å². The molecule has 0 spiro atoms. The van der Waals surface area contributed by atoms with E-state index in [-0.39, 0.29) is 0 Å². The Bertz CT molecular complexity index is 1300. The lowest BCUT2D eigenvalue weighted by Gasteiger charge is -2.07. The average molecular weight is 402 g/mol. The van der Waals surface area contributed by atoms with Gasteiger partial charge in [0.25, 0.3) is 0 Å². The SMILES string of the molecule is COc1ccc(-c2nnc(Cn3c(-c4ccco4)nc4ccccc43)o2)cc1OC. The Morgan fingerprint density at radius 1 is 0.933 bits per heavy atom. The summed E-state index contributed by atoms with van der Waals surface area (Å²) in [7, 11) is 3.18. The van der Waals surface area contributed by atoms with Crippen LogP contribution in [0.3, 0.4) is 0 Å². The van der Waals surface area contributed by atoms with Crippen molar-refractivity contribution >= 4 is 11.0 Å². The minimum absolute atomic E-state index is 0.358. The van der Waals surface area contributed by atoms with Crippen LogP contribution in [0.1, 0.15) is 5.89 Å². The van der Waals surface area contributed by atoms with Crippen LogP contribution in [0.15, 0.2) is 69.7 Å². The van der Waals surface area contributed by atoms with Crippen molar-refractivity contribution in [3.05, 3.63) is 66.8 Å². The lowest BCUT2D eigenvalue weighted by atomic mass is 10.2. The quantitative estimate of drug-likeness (QED) is 0.416. The molecule has 0 unspecified atom stereocenters. The molecule has 150 valence electrons. The second kappa shape index (κ2) is 7.40. The van der Waals surface area contributed by atoms with E-state index in [2.05, 4.69) is 10.2 Å². The van der Waals surface area contributed by atoms with Crippen LogP contribution in [0, 0.1) is 0 Å². The number of para-hydroxylation sites is 2. The highest BCUT2D eigenvalue weighted by atomic mass is 16.5. The Hall–Kier alpha value is -4.07. The second-order valence-corrected chi connectivity index (χ2v) is 6.56. The molecule has 0 saturated carbocycles. The lowest BCUT2D eigenvalue weighted by molar-refractivity contribution is 0.355. The Morgan fingerprint density at radius 2 is 1.80 bits per heavy atom. The summed E-state index contributed by atoms with van der Waals surface area (Å²) in [6.45, 7) is 0.358. The predicted octanol–water partition coefficient (Wildman–Crippen LogP) is 4.41. The largest absolute Gasteiger partial charge is 0.493 e. The standard InChI is InChI=1S/C22H18N4O4/c1-27-17-10-9-14(12-19(17)28-2)22-25-24-20(30-22)13-26-16-7-4-3-6-15(16)23-21(26)18-8-5-11-29-18/h3-12H,13H2,1-2H3. The minimum atomic E-state index is 0.358. The topological polar surface area (TPSA) is 88.3 Å². The summed E-state index contributed by atoms with van der Waals surface area (Å²) in [6, 6.07) is 17.0. The van der Waals surface area contributed by atoms with Gasteiger partial charge in [-0.1, -0.05) is 12.1 Å². The Balaban J connectivity index is 1.52. The van der Waals surface area contributed by atoms with Crippen LogP contribution >= 0.6 is 0 Å². The van der Waals surface area contributed by atoms with E-state index in [0.29, 0.717) is 41.4 Å². The molecule has 3 heterocycles. The van der Waals surface area contributed by atoms with Gasteiger partial charge in [-0.3, -0.25) is 0 Å². The summed E-state index contributed by atoms with van der Waals surface area (Å²) >= 11 is 0. The van der Waals surface area contributed by atoms with E-state index in [0.717, 1.165) is 16.6 Å². The number of fused-ring (bicyclic) bond motifs is 1. The maximum Gasteiger partial charge on any atom is 0.247 e. The van der Waals surface area contributed by atoms with Gasteiger partial charge in [-0.15, -0.1) is 10.2 Å². The molecule has 3 aromatic heterocycles. The molecule has 30 heavy (non-hydrogen) atoms. The highest BCUT2D eigenvalue weighted by Crippen LogP contribution is 2.32. The van der Waals surface area contributed by atoms with Gasteiger partial charge in [-0.05, 0) is 42.5 Å². The summed E-state index contributed by atoms with van der Waals surface area (Å²) in [6.07, 6.45) is 1.63. The summed E-state index contributed by atoms with van der Waals surface area (Å²) < 4.78 is 24.2. The van der Waals surface area contributed by atoms with E-state index in [1.807, 2.05) is 47.0 Å². The van der Waals surface area contributed by atoms with Crippen LogP contribution < -0.4 is 9.47 Å². The molecule has 2 aromatic carbocycles. The van der Waals surface area contributed by atoms with Crippen LogP contribution in [0.25, 0.3) is 34.1 Å². The first kappa shape index (κ1) is 18.0. The summed E-state index contributed by atoms with van der Waals surface area (Å²) in [4.78, 5) is 4.71. The van der Waals surface area contributed by atoms with Crippen molar-refractivity contribution in [1.82, 2.24) is 19.7 Å². The second-order valence-electron chi connectivity index (χ2n) is 6.56. The van der Waals surface area contributed by atoms with Gasteiger partial charge >= 0.3 is 0 Å². The number of hydrogen-bond donors (Lipinski definition) is 0. The van der Waals surface area contributed by atoms with Gasteiger partial charge in [0.15, 0.2) is 23.1 Å². The van der Waals surface area contributed by atoms with Crippen LogP contribution in [-0.2, 0) is 6.54 Å². The predicted molar refractivity (Wildman–Crippen MR) is 109 cm³/mol. The molecule has 0 bridgehead atoms. The zero-order chi connectivity index (χ0) is 20.5. The molecular weight excluding hydrogens is 384 g/mol. The molecule has 0 aliphatic rings. The number of methoxy groups -OCH3 is 2. The fraction of sp³-hybridized carbons (Fsp3) is 0.136. The van der Waals surface area contributed by atoms with Gasteiger partial charge in [0.05, 0.1) is 31.5 Å². The molecule has 8 heteroatoms. The number of aromatic nitrogens is 4. The molecule has 5 rings (SSSR count). The third-order valence-corrected chi connectivity index (χ3v) is 4.79. The fourth-order valence-corrected chi connectivity index (χ4v) is 3.37.